The van der Waals surface area contributed by atoms with Crippen molar-refractivity contribution < 1.29 is 27.9 Å². The molecule has 1 heterocycles. The molecule has 0 aliphatic rings. The maximum absolute atomic E-state index is 12.6. The van der Waals surface area contributed by atoms with E-state index in [1.165, 1.54) is 5.38 Å². The molecule has 0 aromatic carbocycles. The van der Waals surface area contributed by atoms with Crippen molar-refractivity contribution >= 4 is 23.2 Å². The van der Waals surface area contributed by atoms with Gasteiger partial charge in [0.25, 0.3) is 0 Å². The Balaban J connectivity index is 2.53. The van der Waals surface area contributed by atoms with Crippen LogP contribution in [0, 0.1) is 5.41 Å². The Morgan fingerprint density at radius 1 is 1.40 bits per heavy atom. The minimum absolute atomic E-state index is 0.0925. The van der Waals surface area contributed by atoms with Crippen LogP contribution < -0.4 is 5.32 Å². The summed E-state index contributed by atoms with van der Waals surface area (Å²) in [6.45, 7) is 1.79. The summed E-state index contributed by atoms with van der Waals surface area (Å²) in [5, 5.41) is 12.6. The normalized spacial score (nSPS) is 12.2. The molecule has 0 atom stereocenters. The molecule has 0 saturated heterocycles. The first-order valence-corrected chi connectivity index (χ1v) is 6.42. The maximum atomic E-state index is 12.6. The van der Waals surface area contributed by atoms with Gasteiger partial charge in [0.2, 0.25) is 5.91 Å². The van der Waals surface area contributed by atoms with Crippen LogP contribution >= 0.6 is 11.3 Å². The second-order valence-electron chi connectivity index (χ2n) is 4.77. The number of carboxylic acid groups (broad SMARTS) is 1. The molecule has 9 heteroatoms. The van der Waals surface area contributed by atoms with E-state index in [1.54, 1.807) is 0 Å². The monoisotopic (exact) mass is 310 g/mol. The SMILES string of the molecule is CC(C)(CC(=O)NCc1nc(C(=O)O)cs1)C(F)(F)F. The van der Waals surface area contributed by atoms with E-state index in [-0.39, 0.29) is 12.2 Å². The highest BCUT2D eigenvalue weighted by molar-refractivity contribution is 7.09. The molecule has 1 rings (SSSR count). The van der Waals surface area contributed by atoms with Crippen LogP contribution in [0.2, 0.25) is 0 Å². The van der Waals surface area contributed by atoms with Gasteiger partial charge in [-0.05, 0) is 0 Å². The second kappa shape index (κ2) is 5.78. The zero-order chi connectivity index (χ0) is 15.6. The summed E-state index contributed by atoms with van der Waals surface area (Å²) in [5.74, 6) is -1.96. The lowest BCUT2D eigenvalue weighted by Crippen LogP contribution is -2.37. The molecular weight excluding hydrogens is 297 g/mol. The van der Waals surface area contributed by atoms with Crippen molar-refractivity contribution in [2.45, 2.75) is 33.0 Å². The van der Waals surface area contributed by atoms with Gasteiger partial charge < -0.3 is 10.4 Å². The number of thiazole rings is 1. The molecule has 2 N–H and O–H groups in total. The minimum Gasteiger partial charge on any atom is -0.476 e. The number of hydrogen-bond donors (Lipinski definition) is 2. The number of aromatic nitrogens is 1. The molecule has 1 aromatic heterocycles. The zero-order valence-corrected chi connectivity index (χ0v) is 11.6. The molecule has 0 saturated carbocycles. The highest BCUT2D eigenvalue weighted by Gasteiger charge is 2.48. The van der Waals surface area contributed by atoms with E-state index in [1.807, 2.05) is 0 Å². The van der Waals surface area contributed by atoms with Gasteiger partial charge in [-0.1, -0.05) is 13.8 Å². The van der Waals surface area contributed by atoms with Crippen LogP contribution in [0.3, 0.4) is 0 Å². The van der Waals surface area contributed by atoms with E-state index >= 15 is 0 Å². The fraction of sp³-hybridized carbons (Fsp3) is 0.545. The van der Waals surface area contributed by atoms with Gasteiger partial charge in [0.15, 0.2) is 5.69 Å². The zero-order valence-electron chi connectivity index (χ0n) is 10.7. The standard InChI is InChI=1S/C11H13F3N2O3S/c1-10(2,11(12,13)14)3-7(17)15-4-8-16-6(5-20-8)9(18)19/h5H,3-4H2,1-2H3,(H,15,17)(H,18,19). The first-order valence-electron chi connectivity index (χ1n) is 5.54. The Bertz CT molecular complexity index is 511. The predicted octanol–water partition coefficient (Wildman–Crippen LogP) is 2.44. The third-order valence-electron chi connectivity index (χ3n) is 2.58. The molecule has 0 radical (unpaired) electrons. The van der Waals surface area contributed by atoms with Crippen LogP contribution in [0.4, 0.5) is 13.2 Å². The van der Waals surface area contributed by atoms with Gasteiger partial charge in [0, 0.05) is 11.8 Å². The first-order chi connectivity index (χ1) is 9.03. The number of hydrogen-bond acceptors (Lipinski definition) is 4. The number of nitrogens with one attached hydrogen (secondary N) is 1. The average molecular weight is 310 g/mol. The van der Waals surface area contributed by atoms with Gasteiger partial charge in [-0.3, -0.25) is 4.79 Å². The fourth-order valence-electron chi connectivity index (χ4n) is 1.23. The molecule has 112 valence electrons. The van der Waals surface area contributed by atoms with Crippen molar-refractivity contribution in [3.8, 4) is 0 Å². The summed E-state index contributed by atoms with van der Waals surface area (Å²) in [6.07, 6.45) is -5.17. The van der Waals surface area contributed by atoms with Crippen LogP contribution in [-0.4, -0.2) is 28.1 Å². The van der Waals surface area contributed by atoms with Crippen molar-refractivity contribution in [1.29, 1.82) is 0 Å². The van der Waals surface area contributed by atoms with Crippen LogP contribution in [0.25, 0.3) is 0 Å². The number of alkyl halides is 3. The Morgan fingerprint density at radius 3 is 2.45 bits per heavy atom. The molecule has 0 fully saturated rings. The van der Waals surface area contributed by atoms with Crippen LogP contribution in [0.5, 0.6) is 0 Å². The molecule has 0 bridgehead atoms. The fourth-order valence-corrected chi connectivity index (χ4v) is 1.94. The predicted molar refractivity (Wildman–Crippen MR) is 65.4 cm³/mol. The lowest BCUT2D eigenvalue weighted by Gasteiger charge is -2.26. The molecule has 1 amide bonds. The molecular formula is C11H13F3N2O3S. The lowest BCUT2D eigenvalue weighted by atomic mass is 9.88. The van der Waals surface area contributed by atoms with Crippen molar-refractivity contribution in [3.05, 3.63) is 16.1 Å². The Kier molecular flexibility index (Phi) is 4.74. The molecule has 20 heavy (non-hydrogen) atoms. The summed E-state index contributed by atoms with van der Waals surface area (Å²) in [6, 6.07) is 0. The number of carbonyl (C=O) groups is 2. The molecule has 1 aromatic rings. The van der Waals surface area contributed by atoms with E-state index in [4.69, 9.17) is 5.11 Å². The summed E-state index contributed by atoms with van der Waals surface area (Å²) in [5.41, 5.74) is -2.28. The smallest absolute Gasteiger partial charge is 0.394 e. The van der Waals surface area contributed by atoms with Gasteiger partial charge in [-0.2, -0.15) is 13.2 Å². The van der Waals surface area contributed by atoms with Crippen LogP contribution in [-0.2, 0) is 11.3 Å². The van der Waals surface area contributed by atoms with Crippen molar-refractivity contribution in [2.24, 2.45) is 5.41 Å². The summed E-state index contributed by atoms with van der Waals surface area (Å²) in [4.78, 5) is 25.8. The molecule has 0 spiro atoms. The van der Waals surface area contributed by atoms with E-state index in [9.17, 15) is 22.8 Å². The molecule has 0 unspecified atom stereocenters. The third-order valence-corrected chi connectivity index (χ3v) is 3.43. The van der Waals surface area contributed by atoms with Crippen LogP contribution in [0.1, 0.15) is 35.8 Å². The number of aromatic carboxylic acids is 1. The van der Waals surface area contributed by atoms with Gasteiger partial charge in [0.1, 0.15) is 5.01 Å². The van der Waals surface area contributed by atoms with Crippen molar-refractivity contribution in [2.75, 3.05) is 0 Å². The lowest BCUT2D eigenvalue weighted by molar-refractivity contribution is -0.213. The minimum atomic E-state index is -4.47. The number of carboxylic acids is 1. The second-order valence-corrected chi connectivity index (χ2v) is 5.71. The Labute approximate surface area is 116 Å². The number of rotatable bonds is 5. The summed E-state index contributed by atoms with van der Waals surface area (Å²) < 4.78 is 37.8. The van der Waals surface area contributed by atoms with Gasteiger partial charge in [-0.15, -0.1) is 11.3 Å². The number of halogens is 3. The number of nitrogens with zero attached hydrogens (tertiary/aromatic N) is 1. The Morgan fingerprint density at radius 2 is 2.00 bits per heavy atom. The van der Waals surface area contributed by atoms with E-state index in [0.29, 0.717) is 5.01 Å². The van der Waals surface area contributed by atoms with Crippen molar-refractivity contribution in [3.63, 3.8) is 0 Å². The van der Waals surface area contributed by atoms with Gasteiger partial charge in [0.05, 0.1) is 12.0 Å². The van der Waals surface area contributed by atoms with Gasteiger partial charge in [-0.25, -0.2) is 9.78 Å². The molecule has 0 aliphatic heterocycles. The van der Waals surface area contributed by atoms with E-state index in [2.05, 4.69) is 10.3 Å². The highest BCUT2D eigenvalue weighted by Crippen LogP contribution is 2.40. The van der Waals surface area contributed by atoms with Crippen molar-refractivity contribution in [1.82, 2.24) is 10.3 Å². The summed E-state index contributed by atoms with van der Waals surface area (Å²) >= 11 is 1.01. The summed E-state index contributed by atoms with van der Waals surface area (Å²) in [7, 11) is 0. The maximum Gasteiger partial charge on any atom is 0.394 e. The third kappa shape index (κ3) is 4.19. The van der Waals surface area contributed by atoms with E-state index in [0.717, 1.165) is 25.2 Å². The van der Waals surface area contributed by atoms with Gasteiger partial charge >= 0.3 is 12.1 Å². The number of carbonyl (C=O) groups excluding carboxylic acids is 1. The number of amides is 1. The molecule has 0 aliphatic carbocycles. The topological polar surface area (TPSA) is 79.3 Å². The van der Waals surface area contributed by atoms with E-state index < -0.39 is 29.9 Å². The average Bonchev–Trinajstić information content (AvgIpc) is 2.72. The largest absolute Gasteiger partial charge is 0.476 e. The highest BCUT2D eigenvalue weighted by atomic mass is 32.1. The molecule has 5 nitrogen and oxygen atoms in total. The van der Waals surface area contributed by atoms with Crippen LogP contribution in [0.15, 0.2) is 5.38 Å². The first kappa shape index (κ1) is 16.4. The Hall–Kier alpha value is -1.64. The quantitative estimate of drug-likeness (QED) is 0.875.